The van der Waals surface area contributed by atoms with E-state index in [0.29, 0.717) is 6.04 Å². The first-order chi connectivity index (χ1) is 8.31. The Morgan fingerprint density at radius 2 is 2.06 bits per heavy atom. The minimum Gasteiger partial charge on any atom is -0.327 e. The molecule has 1 unspecified atom stereocenters. The van der Waals surface area contributed by atoms with E-state index in [1.165, 1.54) is 37.8 Å². The number of hydrogen-bond donors (Lipinski definition) is 1. The summed E-state index contributed by atoms with van der Waals surface area (Å²) in [7, 11) is 0. The molecule has 2 N–H and O–H groups in total. The monoisotopic (exact) mass is 266 g/mol. The molecule has 2 fully saturated rings. The third-order valence-corrected chi connectivity index (χ3v) is 3.95. The Morgan fingerprint density at radius 1 is 1.22 bits per heavy atom. The van der Waals surface area contributed by atoms with Gasteiger partial charge in [-0.2, -0.15) is 0 Å². The Bertz CT molecular complexity index is 390. The van der Waals surface area contributed by atoms with Gasteiger partial charge >= 0.3 is 0 Å². The number of nitrogens with zero attached hydrogens (tertiary/aromatic N) is 1. The highest BCUT2D eigenvalue weighted by atomic mass is 35.5. The van der Waals surface area contributed by atoms with Crippen molar-refractivity contribution >= 4 is 12.4 Å². The van der Waals surface area contributed by atoms with E-state index in [9.17, 15) is 0 Å². The highest BCUT2D eigenvalue weighted by Gasteiger charge is 2.23. The van der Waals surface area contributed by atoms with E-state index in [1.54, 1.807) is 5.56 Å². The van der Waals surface area contributed by atoms with Crippen LogP contribution in [0.1, 0.15) is 42.7 Å². The number of nitrogens with two attached hydrogens (primary N) is 1. The van der Waals surface area contributed by atoms with Gasteiger partial charge in [-0.1, -0.05) is 24.3 Å². The van der Waals surface area contributed by atoms with Gasteiger partial charge in [0.2, 0.25) is 0 Å². The molecule has 3 heteroatoms. The fourth-order valence-corrected chi connectivity index (χ4v) is 2.86. The third-order valence-electron chi connectivity index (χ3n) is 3.95. The van der Waals surface area contributed by atoms with Gasteiger partial charge in [-0.25, -0.2) is 0 Å². The van der Waals surface area contributed by atoms with Crippen LogP contribution in [0.25, 0.3) is 0 Å². The summed E-state index contributed by atoms with van der Waals surface area (Å²) in [6.45, 7) is 3.35. The Hall–Kier alpha value is -0.570. The molecule has 0 aromatic heterocycles. The summed E-state index contributed by atoms with van der Waals surface area (Å²) < 4.78 is 0. The molecular formula is C15H23ClN2. The fourth-order valence-electron chi connectivity index (χ4n) is 2.86. The molecule has 1 aromatic carbocycles. The second-order valence-corrected chi connectivity index (χ2v) is 5.66. The average Bonchev–Trinajstić information content (AvgIpc) is 3.13. The van der Waals surface area contributed by atoms with Crippen molar-refractivity contribution in [3.63, 3.8) is 0 Å². The molecule has 18 heavy (non-hydrogen) atoms. The first-order valence-corrected chi connectivity index (χ1v) is 6.88. The van der Waals surface area contributed by atoms with Gasteiger partial charge in [0.05, 0.1) is 0 Å². The maximum absolute atomic E-state index is 6.03. The standard InChI is InChI=1S/C15H22N2.ClH/c16-15-5-2-8-17(11-15)10-12-3-1-4-14(9-12)13-6-7-13;/h1,3-4,9,13,15H,2,5-8,10-11,16H2;1H. The van der Waals surface area contributed by atoms with Gasteiger partial charge in [-0.05, 0) is 49.3 Å². The van der Waals surface area contributed by atoms with Crippen LogP contribution in [0.15, 0.2) is 24.3 Å². The van der Waals surface area contributed by atoms with Gasteiger partial charge in [-0.15, -0.1) is 12.4 Å². The van der Waals surface area contributed by atoms with Crippen LogP contribution in [0.4, 0.5) is 0 Å². The second-order valence-electron chi connectivity index (χ2n) is 5.66. The van der Waals surface area contributed by atoms with Crippen LogP contribution in [0, 0.1) is 0 Å². The molecular weight excluding hydrogens is 244 g/mol. The average molecular weight is 267 g/mol. The van der Waals surface area contributed by atoms with Gasteiger partial charge in [0.15, 0.2) is 0 Å². The van der Waals surface area contributed by atoms with Crippen molar-refractivity contribution in [2.24, 2.45) is 5.73 Å². The van der Waals surface area contributed by atoms with Gasteiger partial charge in [0, 0.05) is 19.1 Å². The smallest absolute Gasteiger partial charge is 0.0234 e. The van der Waals surface area contributed by atoms with Gasteiger partial charge in [0.1, 0.15) is 0 Å². The lowest BCUT2D eigenvalue weighted by atomic mass is 10.0. The fraction of sp³-hybridized carbons (Fsp3) is 0.600. The van der Waals surface area contributed by atoms with Crippen LogP contribution >= 0.6 is 12.4 Å². The predicted octanol–water partition coefficient (Wildman–Crippen LogP) is 2.91. The van der Waals surface area contributed by atoms with E-state index in [1.807, 2.05) is 0 Å². The number of likely N-dealkylation sites (tertiary alicyclic amines) is 1. The number of rotatable bonds is 3. The lowest BCUT2D eigenvalue weighted by Gasteiger charge is -2.30. The first kappa shape index (κ1) is 13.9. The molecule has 3 rings (SSSR count). The molecule has 100 valence electrons. The molecule has 1 aromatic rings. The van der Waals surface area contributed by atoms with Crippen LogP contribution in [-0.2, 0) is 6.54 Å². The third kappa shape index (κ3) is 3.47. The molecule has 0 radical (unpaired) electrons. The van der Waals surface area contributed by atoms with Crippen LogP contribution in [0.5, 0.6) is 0 Å². The van der Waals surface area contributed by atoms with E-state index < -0.39 is 0 Å². The Labute approximate surface area is 116 Å². The molecule has 2 nitrogen and oxygen atoms in total. The first-order valence-electron chi connectivity index (χ1n) is 6.88. The number of benzene rings is 1. The highest BCUT2D eigenvalue weighted by molar-refractivity contribution is 5.85. The molecule has 1 atom stereocenters. The zero-order valence-corrected chi connectivity index (χ0v) is 11.7. The van der Waals surface area contributed by atoms with Crippen LogP contribution in [0.2, 0.25) is 0 Å². The number of halogens is 1. The van der Waals surface area contributed by atoms with Gasteiger partial charge in [0.25, 0.3) is 0 Å². The van der Waals surface area contributed by atoms with Crippen LogP contribution in [-0.4, -0.2) is 24.0 Å². The summed E-state index contributed by atoms with van der Waals surface area (Å²) in [4.78, 5) is 2.50. The Balaban J connectivity index is 0.00000120. The highest BCUT2D eigenvalue weighted by Crippen LogP contribution is 2.40. The minimum absolute atomic E-state index is 0. The maximum Gasteiger partial charge on any atom is 0.0234 e. The van der Waals surface area contributed by atoms with Crippen molar-refractivity contribution in [3.8, 4) is 0 Å². The lowest BCUT2D eigenvalue weighted by molar-refractivity contribution is 0.201. The summed E-state index contributed by atoms with van der Waals surface area (Å²) in [6, 6.07) is 9.54. The molecule has 1 aliphatic heterocycles. The molecule has 0 amide bonds. The Kier molecular flexibility index (Phi) is 4.66. The van der Waals surface area contributed by atoms with E-state index in [2.05, 4.69) is 29.2 Å². The largest absolute Gasteiger partial charge is 0.327 e. The zero-order chi connectivity index (χ0) is 11.7. The van der Waals surface area contributed by atoms with E-state index in [-0.39, 0.29) is 12.4 Å². The van der Waals surface area contributed by atoms with Crippen molar-refractivity contribution < 1.29 is 0 Å². The minimum atomic E-state index is 0. The van der Waals surface area contributed by atoms with Gasteiger partial charge < -0.3 is 5.73 Å². The van der Waals surface area contributed by atoms with Crippen molar-refractivity contribution in [3.05, 3.63) is 35.4 Å². The zero-order valence-electron chi connectivity index (χ0n) is 10.8. The van der Waals surface area contributed by atoms with E-state index in [4.69, 9.17) is 5.73 Å². The lowest BCUT2D eigenvalue weighted by Crippen LogP contribution is -2.42. The number of piperidine rings is 1. The van der Waals surface area contributed by atoms with Crippen LogP contribution < -0.4 is 5.73 Å². The quantitative estimate of drug-likeness (QED) is 0.912. The van der Waals surface area contributed by atoms with Crippen molar-refractivity contribution in [2.75, 3.05) is 13.1 Å². The van der Waals surface area contributed by atoms with Gasteiger partial charge in [-0.3, -0.25) is 4.90 Å². The molecule has 1 heterocycles. The van der Waals surface area contributed by atoms with Crippen LogP contribution in [0.3, 0.4) is 0 Å². The molecule has 1 saturated carbocycles. The topological polar surface area (TPSA) is 29.3 Å². The van der Waals surface area contributed by atoms with Crippen molar-refractivity contribution in [2.45, 2.75) is 44.2 Å². The summed E-state index contributed by atoms with van der Waals surface area (Å²) in [5, 5.41) is 0. The normalized spacial score (nSPS) is 24.6. The SMILES string of the molecule is Cl.NC1CCCN(Cc2cccc(C3CC3)c2)C1. The molecule has 1 aliphatic carbocycles. The molecule has 2 aliphatic rings. The summed E-state index contributed by atoms with van der Waals surface area (Å²) in [6.07, 6.45) is 5.22. The number of hydrogen-bond acceptors (Lipinski definition) is 2. The summed E-state index contributed by atoms with van der Waals surface area (Å²) >= 11 is 0. The Morgan fingerprint density at radius 3 is 2.78 bits per heavy atom. The molecule has 0 bridgehead atoms. The summed E-state index contributed by atoms with van der Waals surface area (Å²) in [5.74, 6) is 0.860. The molecule has 0 spiro atoms. The summed E-state index contributed by atoms with van der Waals surface area (Å²) in [5.41, 5.74) is 9.03. The van der Waals surface area contributed by atoms with Crippen molar-refractivity contribution in [1.29, 1.82) is 0 Å². The maximum atomic E-state index is 6.03. The van der Waals surface area contributed by atoms with E-state index in [0.717, 1.165) is 19.0 Å². The van der Waals surface area contributed by atoms with Crippen molar-refractivity contribution in [1.82, 2.24) is 4.90 Å². The predicted molar refractivity (Wildman–Crippen MR) is 78.2 cm³/mol. The molecule has 1 saturated heterocycles. The second kappa shape index (κ2) is 6.05. The van der Waals surface area contributed by atoms with E-state index >= 15 is 0 Å².